The van der Waals surface area contributed by atoms with E-state index in [0.29, 0.717) is 6.04 Å². The van der Waals surface area contributed by atoms with Crippen LogP contribution in [-0.4, -0.2) is 19.1 Å². The van der Waals surface area contributed by atoms with Crippen LogP contribution in [0.15, 0.2) is 18.2 Å². The normalized spacial score (nSPS) is 20.0. The first-order valence-electron chi connectivity index (χ1n) is 6.00. The van der Waals surface area contributed by atoms with E-state index in [9.17, 15) is 0 Å². The van der Waals surface area contributed by atoms with Crippen molar-refractivity contribution >= 4 is 17.3 Å². The van der Waals surface area contributed by atoms with Crippen molar-refractivity contribution in [1.29, 1.82) is 0 Å². The smallest absolute Gasteiger partial charge is 0.0455 e. The number of halogens is 1. The monoisotopic (exact) mass is 238 g/mol. The molecule has 2 rings (SSSR count). The van der Waals surface area contributed by atoms with E-state index >= 15 is 0 Å². The third-order valence-electron chi connectivity index (χ3n) is 3.24. The predicted octanol–water partition coefficient (Wildman–Crippen LogP) is 3.20. The van der Waals surface area contributed by atoms with Crippen LogP contribution in [0.5, 0.6) is 0 Å². The molecule has 2 nitrogen and oxygen atoms in total. The lowest BCUT2D eigenvalue weighted by atomic mass is 10.1. The Morgan fingerprint density at radius 2 is 2.38 bits per heavy atom. The molecule has 1 unspecified atom stereocenters. The van der Waals surface area contributed by atoms with Crippen molar-refractivity contribution in [3.8, 4) is 0 Å². The van der Waals surface area contributed by atoms with Crippen molar-refractivity contribution in [1.82, 2.24) is 5.32 Å². The Hall–Kier alpha value is -0.730. The molecule has 0 amide bonds. The fraction of sp³-hybridized carbons (Fsp3) is 0.538. The Morgan fingerprint density at radius 3 is 3.12 bits per heavy atom. The number of hydrogen-bond donors (Lipinski definition) is 2. The lowest BCUT2D eigenvalue weighted by Gasteiger charge is -2.13. The van der Waals surface area contributed by atoms with Crippen LogP contribution >= 0.6 is 11.6 Å². The zero-order chi connectivity index (χ0) is 11.4. The summed E-state index contributed by atoms with van der Waals surface area (Å²) in [6, 6.07) is 6.71. The molecule has 1 saturated heterocycles. The Kier molecular flexibility index (Phi) is 4.08. The van der Waals surface area contributed by atoms with Crippen LogP contribution in [-0.2, 0) is 0 Å². The van der Waals surface area contributed by atoms with Crippen molar-refractivity contribution in [2.75, 3.05) is 18.4 Å². The third kappa shape index (κ3) is 2.89. The molecule has 1 aliphatic heterocycles. The van der Waals surface area contributed by atoms with Gasteiger partial charge in [-0.15, -0.1) is 0 Å². The standard InChI is InChI=1S/C13H19ClN2/c1-10-12(14)5-2-6-13(10)16-9-7-11-4-3-8-15-11/h2,5-6,11,15-16H,3-4,7-9H2,1H3. The molecule has 88 valence electrons. The van der Waals surface area contributed by atoms with E-state index in [4.69, 9.17) is 11.6 Å². The molecule has 1 heterocycles. The van der Waals surface area contributed by atoms with Gasteiger partial charge < -0.3 is 10.6 Å². The van der Waals surface area contributed by atoms with Crippen LogP contribution in [0.3, 0.4) is 0 Å². The summed E-state index contributed by atoms with van der Waals surface area (Å²) in [5.74, 6) is 0. The minimum atomic E-state index is 0.701. The van der Waals surface area contributed by atoms with E-state index in [1.54, 1.807) is 0 Å². The largest absolute Gasteiger partial charge is 0.385 e. The Labute approximate surface area is 102 Å². The summed E-state index contributed by atoms with van der Waals surface area (Å²) in [7, 11) is 0. The second kappa shape index (κ2) is 5.55. The minimum Gasteiger partial charge on any atom is -0.385 e. The molecular weight excluding hydrogens is 220 g/mol. The molecule has 1 atom stereocenters. The van der Waals surface area contributed by atoms with Gasteiger partial charge in [0.15, 0.2) is 0 Å². The third-order valence-corrected chi connectivity index (χ3v) is 3.65. The van der Waals surface area contributed by atoms with Gasteiger partial charge in [0.2, 0.25) is 0 Å². The molecule has 1 aromatic rings. The summed E-state index contributed by atoms with van der Waals surface area (Å²) >= 11 is 6.07. The van der Waals surface area contributed by atoms with Gasteiger partial charge in [0.1, 0.15) is 0 Å². The molecule has 0 radical (unpaired) electrons. The van der Waals surface area contributed by atoms with E-state index in [1.165, 1.54) is 25.8 Å². The highest BCUT2D eigenvalue weighted by Crippen LogP contribution is 2.23. The highest BCUT2D eigenvalue weighted by Gasteiger charge is 2.13. The molecule has 2 N–H and O–H groups in total. The maximum Gasteiger partial charge on any atom is 0.0455 e. The lowest BCUT2D eigenvalue weighted by molar-refractivity contribution is 0.574. The number of anilines is 1. The Balaban J connectivity index is 1.82. The molecule has 1 aliphatic rings. The number of benzene rings is 1. The first-order chi connectivity index (χ1) is 7.77. The van der Waals surface area contributed by atoms with Gasteiger partial charge in [-0.1, -0.05) is 17.7 Å². The molecule has 0 saturated carbocycles. The van der Waals surface area contributed by atoms with Crippen molar-refractivity contribution < 1.29 is 0 Å². The summed E-state index contributed by atoms with van der Waals surface area (Å²) in [6.07, 6.45) is 3.82. The van der Waals surface area contributed by atoms with Crippen LogP contribution in [0.2, 0.25) is 5.02 Å². The van der Waals surface area contributed by atoms with Gasteiger partial charge in [-0.2, -0.15) is 0 Å². The van der Waals surface area contributed by atoms with E-state index < -0.39 is 0 Å². The quantitative estimate of drug-likeness (QED) is 0.842. The topological polar surface area (TPSA) is 24.1 Å². The van der Waals surface area contributed by atoms with Crippen LogP contribution in [0, 0.1) is 6.92 Å². The van der Waals surface area contributed by atoms with Gasteiger partial charge in [-0.05, 0) is 50.4 Å². The van der Waals surface area contributed by atoms with Gasteiger partial charge in [0.25, 0.3) is 0 Å². The molecule has 1 aromatic carbocycles. The highest BCUT2D eigenvalue weighted by molar-refractivity contribution is 6.31. The Morgan fingerprint density at radius 1 is 1.50 bits per heavy atom. The maximum atomic E-state index is 6.07. The molecule has 1 fully saturated rings. The second-order valence-corrected chi connectivity index (χ2v) is 4.83. The fourth-order valence-corrected chi connectivity index (χ4v) is 2.36. The first-order valence-corrected chi connectivity index (χ1v) is 6.37. The average molecular weight is 239 g/mol. The zero-order valence-corrected chi connectivity index (χ0v) is 10.5. The summed E-state index contributed by atoms with van der Waals surface area (Å²) in [5, 5.41) is 7.80. The molecule has 0 bridgehead atoms. The fourth-order valence-electron chi connectivity index (χ4n) is 2.18. The van der Waals surface area contributed by atoms with Crippen molar-refractivity contribution in [2.45, 2.75) is 32.2 Å². The number of nitrogens with one attached hydrogen (secondary N) is 2. The zero-order valence-electron chi connectivity index (χ0n) is 9.72. The van der Waals surface area contributed by atoms with E-state index in [0.717, 1.165) is 22.8 Å². The highest BCUT2D eigenvalue weighted by atomic mass is 35.5. The molecule has 0 aliphatic carbocycles. The summed E-state index contributed by atoms with van der Waals surface area (Å²) in [6.45, 7) is 4.25. The molecular formula is C13H19ClN2. The SMILES string of the molecule is Cc1c(Cl)cccc1NCCC1CCCN1. The van der Waals surface area contributed by atoms with Crippen LogP contribution in [0.25, 0.3) is 0 Å². The predicted molar refractivity (Wildman–Crippen MR) is 70.3 cm³/mol. The van der Waals surface area contributed by atoms with Crippen molar-refractivity contribution in [3.63, 3.8) is 0 Å². The van der Waals surface area contributed by atoms with Gasteiger partial charge in [0, 0.05) is 23.3 Å². The van der Waals surface area contributed by atoms with E-state index in [-0.39, 0.29) is 0 Å². The van der Waals surface area contributed by atoms with E-state index in [1.807, 2.05) is 12.1 Å². The molecule has 0 aromatic heterocycles. The van der Waals surface area contributed by atoms with Gasteiger partial charge >= 0.3 is 0 Å². The molecule has 0 spiro atoms. The minimum absolute atomic E-state index is 0.701. The van der Waals surface area contributed by atoms with E-state index in [2.05, 4.69) is 23.6 Å². The molecule has 16 heavy (non-hydrogen) atoms. The Bertz CT molecular complexity index is 346. The summed E-state index contributed by atoms with van der Waals surface area (Å²) < 4.78 is 0. The van der Waals surface area contributed by atoms with Gasteiger partial charge in [-0.3, -0.25) is 0 Å². The van der Waals surface area contributed by atoms with Crippen LogP contribution < -0.4 is 10.6 Å². The second-order valence-electron chi connectivity index (χ2n) is 4.42. The summed E-state index contributed by atoms with van der Waals surface area (Å²) in [5.41, 5.74) is 2.30. The first kappa shape index (κ1) is 11.7. The lowest BCUT2D eigenvalue weighted by Crippen LogP contribution is -2.24. The summed E-state index contributed by atoms with van der Waals surface area (Å²) in [4.78, 5) is 0. The van der Waals surface area contributed by atoms with Crippen molar-refractivity contribution in [2.24, 2.45) is 0 Å². The van der Waals surface area contributed by atoms with Crippen molar-refractivity contribution in [3.05, 3.63) is 28.8 Å². The average Bonchev–Trinajstić information content (AvgIpc) is 2.77. The van der Waals surface area contributed by atoms with Gasteiger partial charge in [0.05, 0.1) is 0 Å². The van der Waals surface area contributed by atoms with Gasteiger partial charge in [-0.25, -0.2) is 0 Å². The van der Waals surface area contributed by atoms with Crippen LogP contribution in [0.1, 0.15) is 24.8 Å². The number of rotatable bonds is 4. The molecule has 3 heteroatoms. The van der Waals surface area contributed by atoms with Crippen LogP contribution in [0.4, 0.5) is 5.69 Å². The maximum absolute atomic E-state index is 6.07. The number of hydrogen-bond acceptors (Lipinski definition) is 2.